The zero-order valence-electron chi connectivity index (χ0n) is 19.3. The third-order valence-electron chi connectivity index (χ3n) is 5.36. The zero-order valence-corrected chi connectivity index (χ0v) is 20.1. The van der Waals surface area contributed by atoms with Crippen LogP contribution in [0.15, 0.2) is 55.1 Å². The maximum Gasteiger partial charge on any atom is 0.170 e. The van der Waals surface area contributed by atoms with Crippen LogP contribution >= 0.6 is 0 Å². The summed E-state index contributed by atoms with van der Waals surface area (Å²) >= 11 is 0. The van der Waals surface area contributed by atoms with Crippen LogP contribution < -0.4 is 9.47 Å². The van der Waals surface area contributed by atoms with Gasteiger partial charge in [0.2, 0.25) is 0 Å². The molecule has 12 heteroatoms. The quantitative estimate of drug-likeness (QED) is 0.343. The number of rotatable bonds is 9. The van der Waals surface area contributed by atoms with Gasteiger partial charge >= 0.3 is 0 Å². The first kappa shape index (κ1) is 24.2. The Balaban J connectivity index is 1.79. The minimum absolute atomic E-state index is 0.0180. The van der Waals surface area contributed by atoms with E-state index in [1.807, 2.05) is 0 Å². The monoisotopic (exact) mass is 498 g/mol. The lowest BCUT2D eigenvalue weighted by Gasteiger charge is -2.18. The average Bonchev–Trinajstić information content (AvgIpc) is 3.27. The molecule has 0 fully saturated rings. The Morgan fingerprint density at radius 1 is 1.00 bits per heavy atom. The van der Waals surface area contributed by atoms with Crippen molar-refractivity contribution in [3.05, 3.63) is 72.6 Å². The molecule has 3 heterocycles. The molecule has 35 heavy (non-hydrogen) atoms. The summed E-state index contributed by atoms with van der Waals surface area (Å²) in [5.74, 6) is 0.641. The van der Waals surface area contributed by atoms with Crippen LogP contribution in [0, 0.1) is 5.82 Å². The van der Waals surface area contributed by atoms with Crippen LogP contribution in [0.25, 0.3) is 17.1 Å². The Kier molecular flexibility index (Phi) is 7.01. The van der Waals surface area contributed by atoms with Crippen molar-refractivity contribution >= 4 is 9.84 Å². The van der Waals surface area contributed by atoms with Gasteiger partial charge in [-0.1, -0.05) is 6.07 Å². The van der Waals surface area contributed by atoms with Gasteiger partial charge in [0.15, 0.2) is 27.3 Å². The predicted molar refractivity (Wildman–Crippen MR) is 125 cm³/mol. The fourth-order valence-corrected chi connectivity index (χ4v) is 4.76. The smallest absolute Gasteiger partial charge is 0.170 e. The molecule has 0 aliphatic carbocycles. The summed E-state index contributed by atoms with van der Waals surface area (Å²) < 4.78 is 52.5. The highest BCUT2D eigenvalue weighted by Crippen LogP contribution is 2.36. The van der Waals surface area contributed by atoms with Crippen molar-refractivity contribution in [1.82, 2.24) is 29.7 Å². The number of hydrogen-bond donors (Lipinski definition) is 0. The second-order valence-corrected chi connectivity index (χ2v) is 10.1. The van der Waals surface area contributed by atoms with E-state index in [0.717, 1.165) is 12.4 Å². The molecule has 0 saturated carbocycles. The van der Waals surface area contributed by atoms with Gasteiger partial charge in [-0.2, -0.15) is 0 Å². The highest BCUT2D eigenvalue weighted by atomic mass is 32.2. The second-order valence-electron chi connectivity index (χ2n) is 7.67. The number of hydrogen-bond acceptors (Lipinski definition) is 9. The fourth-order valence-electron chi connectivity index (χ4n) is 3.53. The number of sulfone groups is 1. The van der Waals surface area contributed by atoms with Gasteiger partial charge in [-0.25, -0.2) is 22.8 Å². The summed E-state index contributed by atoms with van der Waals surface area (Å²) in [6.45, 7) is 1.55. The van der Waals surface area contributed by atoms with Crippen LogP contribution in [0.2, 0.25) is 0 Å². The number of nitrogens with zero attached hydrogens (tertiary/aromatic N) is 6. The first-order valence-corrected chi connectivity index (χ1v) is 12.3. The molecule has 3 aromatic heterocycles. The molecular formula is C23H23FN6O4S. The minimum atomic E-state index is -3.75. The van der Waals surface area contributed by atoms with Gasteiger partial charge in [0.05, 0.1) is 31.9 Å². The Hall–Kier alpha value is -3.93. The SMILES string of the molecule is COc1cccc(OC)c1-n1c(CS(=O)(=O)[C@@H](C)Cc2ncc(F)cn2)nnc1-c1cccnc1. The van der Waals surface area contributed by atoms with Crippen LogP contribution in [-0.4, -0.2) is 57.6 Å². The molecule has 1 aromatic carbocycles. The number of methoxy groups -OCH3 is 2. The van der Waals surface area contributed by atoms with Gasteiger partial charge in [-0.05, 0) is 31.2 Å². The molecule has 0 amide bonds. The van der Waals surface area contributed by atoms with Gasteiger partial charge in [0.1, 0.15) is 28.8 Å². The Morgan fingerprint density at radius 3 is 2.29 bits per heavy atom. The van der Waals surface area contributed by atoms with Crippen LogP contribution in [0.3, 0.4) is 0 Å². The topological polar surface area (TPSA) is 122 Å². The molecule has 0 bridgehead atoms. The summed E-state index contributed by atoms with van der Waals surface area (Å²) in [6, 6.07) is 8.77. The van der Waals surface area contributed by atoms with E-state index < -0.39 is 26.7 Å². The van der Waals surface area contributed by atoms with Crippen molar-refractivity contribution in [3.8, 4) is 28.6 Å². The third kappa shape index (κ3) is 5.11. The average molecular weight is 499 g/mol. The van der Waals surface area contributed by atoms with Gasteiger partial charge < -0.3 is 9.47 Å². The van der Waals surface area contributed by atoms with E-state index in [2.05, 4.69) is 25.1 Å². The molecule has 0 saturated heterocycles. The number of benzene rings is 1. The number of pyridine rings is 1. The van der Waals surface area contributed by atoms with E-state index in [1.54, 1.807) is 54.2 Å². The highest BCUT2D eigenvalue weighted by molar-refractivity contribution is 7.91. The zero-order chi connectivity index (χ0) is 25.0. The van der Waals surface area contributed by atoms with Crippen molar-refractivity contribution in [1.29, 1.82) is 0 Å². The van der Waals surface area contributed by atoms with Crippen molar-refractivity contribution in [2.75, 3.05) is 14.2 Å². The number of halogens is 1. The van der Waals surface area contributed by atoms with Gasteiger partial charge in [0.25, 0.3) is 0 Å². The number of aromatic nitrogens is 6. The summed E-state index contributed by atoms with van der Waals surface area (Å²) in [7, 11) is -0.739. The lowest BCUT2D eigenvalue weighted by Crippen LogP contribution is -2.24. The third-order valence-corrected chi connectivity index (χ3v) is 7.42. The molecule has 0 N–H and O–H groups in total. The Bertz CT molecular complexity index is 1390. The number of ether oxygens (including phenoxy) is 2. The molecule has 182 valence electrons. The summed E-state index contributed by atoms with van der Waals surface area (Å²) in [5, 5.41) is 7.64. The molecule has 1 atom stereocenters. The summed E-state index contributed by atoms with van der Waals surface area (Å²) in [6.07, 6.45) is 5.26. The van der Waals surface area contributed by atoms with Crippen LogP contribution in [-0.2, 0) is 22.0 Å². The molecule has 4 aromatic rings. The molecule has 0 aliphatic rings. The molecule has 0 aliphatic heterocycles. The van der Waals surface area contributed by atoms with E-state index in [1.165, 1.54) is 14.2 Å². The molecular weight excluding hydrogens is 475 g/mol. The van der Waals surface area contributed by atoms with E-state index in [-0.39, 0.29) is 18.1 Å². The van der Waals surface area contributed by atoms with Crippen molar-refractivity contribution in [2.24, 2.45) is 0 Å². The van der Waals surface area contributed by atoms with Crippen molar-refractivity contribution < 1.29 is 22.3 Å². The first-order valence-electron chi connectivity index (χ1n) is 10.6. The largest absolute Gasteiger partial charge is 0.494 e. The standard InChI is InChI=1S/C23H23FN6O4S/c1-15(10-20-26-12-17(24)13-27-20)35(31,32)14-21-28-29-23(16-6-5-9-25-11-16)30(21)22-18(33-2)7-4-8-19(22)34-3/h4-9,11-13,15H,10,14H2,1-3H3/t15-/m0/s1. The van der Waals surface area contributed by atoms with E-state index in [0.29, 0.717) is 28.6 Å². The first-order chi connectivity index (χ1) is 16.8. The minimum Gasteiger partial charge on any atom is -0.494 e. The molecule has 4 rings (SSSR count). The molecule has 0 unspecified atom stereocenters. The van der Waals surface area contributed by atoms with Crippen molar-refractivity contribution in [3.63, 3.8) is 0 Å². The van der Waals surface area contributed by atoms with E-state index in [4.69, 9.17) is 9.47 Å². The predicted octanol–water partition coefficient (Wildman–Crippen LogP) is 2.82. The number of para-hydroxylation sites is 1. The van der Waals surface area contributed by atoms with Gasteiger partial charge in [-0.15, -0.1) is 10.2 Å². The van der Waals surface area contributed by atoms with Crippen LogP contribution in [0.1, 0.15) is 18.6 Å². The molecule has 0 spiro atoms. The van der Waals surface area contributed by atoms with Crippen LogP contribution in [0.4, 0.5) is 4.39 Å². The summed E-state index contributed by atoms with van der Waals surface area (Å²) in [4.78, 5) is 11.9. The Labute approximate surface area is 201 Å². The van der Waals surface area contributed by atoms with E-state index >= 15 is 0 Å². The van der Waals surface area contributed by atoms with E-state index in [9.17, 15) is 12.8 Å². The normalized spacial score (nSPS) is 12.3. The highest BCUT2D eigenvalue weighted by Gasteiger charge is 2.29. The van der Waals surface area contributed by atoms with Crippen LogP contribution in [0.5, 0.6) is 11.5 Å². The fraction of sp³-hybridized carbons (Fsp3) is 0.261. The van der Waals surface area contributed by atoms with Gasteiger partial charge in [-0.3, -0.25) is 9.55 Å². The lowest BCUT2D eigenvalue weighted by molar-refractivity contribution is 0.391. The molecule has 0 radical (unpaired) electrons. The van der Waals surface area contributed by atoms with Crippen molar-refractivity contribution in [2.45, 2.75) is 24.3 Å². The Morgan fingerprint density at radius 2 is 1.69 bits per heavy atom. The maximum absolute atomic E-state index is 13.3. The molecule has 10 nitrogen and oxygen atoms in total. The maximum atomic E-state index is 13.3. The van der Waals surface area contributed by atoms with Gasteiger partial charge in [0, 0.05) is 24.4 Å². The second kappa shape index (κ2) is 10.1. The summed E-state index contributed by atoms with van der Waals surface area (Å²) in [5.41, 5.74) is 1.09. The lowest BCUT2D eigenvalue weighted by atomic mass is 10.2.